The van der Waals surface area contributed by atoms with Crippen molar-refractivity contribution < 1.29 is 13.2 Å². The van der Waals surface area contributed by atoms with Crippen molar-refractivity contribution in [2.75, 3.05) is 13.1 Å². The lowest BCUT2D eigenvalue weighted by atomic mass is 10.1. The topological polar surface area (TPSA) is 66.5 Å². The van der Waals surface area contributed by atoms with Crippen LogP contribution in [0.5, 0.6) is 0 Å². The highest BCUT2D eigenvalue weighted by Gasteiger charge is 2.22. The van der Waals surface area contributed by atoms with E-state index in [0.717, 1.165) is 25.7 Å². The Bertz CT molecular complexity index is 625. The van der Waals surface area contributed by atoms with Crippen molar-refractivity contribution in [1.82, 2.24) is 9.62 Å². The molecule has 1 atom stereocenters. The normalized spacial score (nSPS) is 13.0. The number of sulfonamides is 1. The van der Waals surface area contributed by atoms with Gasteiger partial charge in [0.05, 0.1) is 4.90 Å². The van der Waals surface area contributed by atoms with Crippen molar-refractivity contribution in [3.05, 3.63) is 29.8 Å². The number of carbonyl (C=O) groups excluding carboxylic acids is 1. The number of nitrogens with zero attached hydrogens (tertiary/aromatic N) is 1. The van der Waals surface area contributed by atoms with E-state index >= 15 is 0 Å². The Morgan fingerprint density at radius 2 is 1.83 bits per heavy atom. The summed E-state index contributed by atoms with van der Waals surface area (Å²) in [5, 5.41) is 2.94. The lowest BCUT2D eigenvalue weighted by Gasteiger charge is -2.19. The van der Waals surface area contributed by atoms with Gasteiger partial charge in [0.2, 0.25) is 10.0 Å². The number of amides is 1. The fourth-order valence-electron chi connectivity index (χ4n) is 2.59. The first-order chi connectivity index (χ1) is 11.4. The fourth-order valence-corrected chi connectivity index (χ4v) is 4.09. The van der Waals surface area contributed by atoms with Gasteiger partial charge in [0.25, 0.3) is 5.91 Å². The van der Waals surface area contributed by atoms with Crippen molar-refractivity contribution >= 4 is 15.9 Å². The molecule has 0 aliphatic heterocycles. The molecule has 0 aliphatic rings. The summed E-state index contributed by atoms with van der Waals surface area (Å²) in [5.41, 5.74) is 0.380. The van der Waals surface area contributed by atoms with Crippen LogP contribution in [-0.4, -0.2) is 37.8 Å². The summed E-state index contributed by atoms with van der Waals surface area (Å²) < 4.78 is 26.5. The highest BCUT2D eigenvalue weighted by molar-refractivity contribution is 7.89. The van der Waals surface area contributed by atoms with Gasteiger partial charge in [-0.3, -0.25) is 4.79 Å². The van der Waals surface area contributed by atoms with Gasteiger partial charge < -0.3 is 5.32 Å². The highest BCUT2D eigenvalue weighted by Crippen LogP contribution is 2.17. The van der Waals surface area contributed by atoms with E-state index < -0.39 is 10.0 Å². The summed E-state index contributed by atoms with van der Waals surface area (Å²) in [7, 11) is -3.55. The molecule has 6 heteroatoms. The predicted octanol–water partition coefficient (Wildman–Crippen LogP) is 3.42. The molecule has 1 aromatic rings. The smallest absolute Gasteiger partial charge is 0.251 e. The van der Waals surface area contributed by atoms with E-state index in [1.54, 1.807) is 26.0 Å². The lowest BCUT2D eigenvalue weighted by molar-refractivity contribution is 0.0937. The zero-order chi connectivity index (χ0) is 18.2. The maximum absolute atomic E-state index is 12.6. The van der Waals surface area contributed by atoms with Gasteiger partial charge in [0.15, 0.2) is 0 Å². The van der Waals surface area contributed by atoms with Crippen molar-refractivity contribution in [2.24, 2.45) is 0 Å². The minimum Gasteiger partial charge on any atom is -0.350 e. The molecule has 1 N–H and O–H groups in total. The molecule has 1 amide bonds. The van der Waals surface area contributed by atoms with E-state index in [-0.39, 0.29) is 16.8 Å². The molecule has 1 aromatic carbocycles. The maximum atomic E-state index is 12.6. The maximum Gasteiger partial charge on any atom is 0.251 e. The molecule has 0 unspecified atom stereocenters. The van der Waals surface area contributed by atoms with Crippen molar-refractivity contribution in [2.45, 2.75) is 64.3 Å². The third kappa shape index (κ3) is 5.60. The molecular weight excluding hydrogens is 324 g/mol. The third-order valence-electron chi connectivity index (χ3n) is 4.06. The lowest BCUT2D eigenvalue weighted by Crippen LogP contribution is -2.33. The van der Waals surface area contributed by atoms with Crippen LogP contribution in [0.15, 0.2) is 29.2 Å². The Morgan fingerprint density at radius 1 is 1.17 bits per heavy atom. The summed E-state index contributed by atoms with van der Waals surface area (Å²) in [6, 6.07) is 6.34. The Labute approximate surface area is 146 Å². The van der Waals surface area contributed by atoms with Gasteiger partial charge in [0.1, 0.15) is 0 Å². The first-order valence-corrected chi connectivity index (χ1v) is 10.2. The van der Waals surface area contributed by atoms with Gasteiger partial charge in [-0.1, -0.05) is 46.1 Å². The Morgan fingerprint density at radius 3 is 2.42 bits per heavy atom. The third-order valence-corrected chi connectivity index (χ3v) is 6.10. The number of rotatable bonds is 10. The average molecular weight is 355 g/mol. The van der Waals surface area contributed by atoms with Gasteiger partial charge >= 0.3 is 0 Å². The molecule has 0 fully saturated rings. The summed E-state index contributed by atoms with van der Waals surface area (Å²) in [4.78, 5) is 12.5. The predicted molar refractivity (Wildman–Crippen MR) is 97.6 cm³/mol. The molecule has 0 aliphatic carbocycles. The molecule has 0 spiro atoms. The van der Waals surface area contributed by atoms with E-state index in [1.807, 2.05) is 6.92 Å². The Kier molecular flexibility index (Phi) is 8.42. The molecule has 5 nitrogen and oxygen atoms in total. The van der Waals surface area contributed by atoms with E-state index in [9.17, 15) is 13.2 Å². The van der Waals surface area contributed by atoms with E-state index in [0.29, 0.717) is 18.7 Å². The monoisotopic (exact) mass is 354 g/mol. The standard InChI is InChI=1S/C18H30N2O3S/c1-5-8-9-11-15(4)19-18(21)16-12-10-13-17(14-16)24(22,23)20(6-2)7-3/h10,12-15H,5-9,11H2,1-4H3,(H,19,21)/t15-/m0/s1. The minimum atomic E-state index is -3.55. The molecule has 24 heavy (non-hydrogen) atoms. The van der Waals surface area contributed by atoms with Crippen LogP contribution in [0.25, 0.3) is 0 Å². The van der Waals surface area contributed by atoms with Crippen LogP contribution in [0.3, 0.4) is 0 Å². The van der Waals surface area contributed by atoms with Crippen molar-refractivity contribution in [1.29, 1.82) is 0 Å². The zero-order valence-corrected chi connectivity index (χ0v) is 16.0. The Balaban J connectivity index is 2.86. The molecule has 0 heterocycles. The summed E-state index contributed by atoms with van der Waals surface area (Å²) >= 11 is 0. The van der Waals surface area contributed by atoms with Crippen LogP contribution in [0.1, 0.15) is 63.7 Å². The molecular formula is C18H30N2O3S. The molecule has 0 radical (unpaired) electrons. The summed E-state index contributed by atoms with van der Waals surface area (Å²) in [5.74, 6) is -0.226. The zero-order valence-electron chi connectivity index (χ0n) is 15.2. The van der Waals surface area contributed by atoms with Crippen LogP contribution >= 0.6 is 0 Å². The van der Waals surface area contributed by atoms with E-state index in [1.165, 1.54) is 16.4 Å². The van der Waals surface area contributed by atoms with Crippen LogP contribution in [0.2, 0.25) is 0 Å². The Hall–Kier alpha value is -1.40. The number of hydrogen-bond donors (Lipinski definition) is 1. The minimum absolute atomic E-state index is 0.0760. The van der Waals surface area contributed by atoms with Gasteiger partial charge in [-0.05, 0) is 31.5 Å². The first-order valence-electron chi connectivity index (χ1n) is 8.77. The number of carbonyl (C=O) groups is 1. The van der Waals surface area contributed by atoms with Crippen LogP contribution < -0.4 is 5.32 Å². The van der Waals surface area contributed by atoms with Gasteiger partial charge in [-0.2, -0.15) is 4.31 Å². The molecule has 0 saturated carbocycles. The van der Waals surface area contributed by atoms with Crippen LogP contribution in [0, 0.1) is 0 Å². The summed E-state index contributed by atoms with van der Waals surface area (Å²) in [6.07, 6.45) is 4.30. The second-order valence-electron chi connectivity index (χ2n) is 5.99. The van der Waals surface area contributed by atoms with E-state index in [2.05, 4.69) is 12.2 Å². The highest BCUT2D eigenvalue weighted by atomic mass is 32.2. The summed E-state index contributed by atoms with van der Waals surface area (Å²) in [6.45, 7) is 8.54. The molecule has 1 rings (SSSR count). The molecule has 136 valence electrons. The number of unbranched alkanes of at least 4 members (excludes halogenated alkanes) is 2. The second-order valence-corrected chi connectivity index (χ2v) is 7.93. The quantitative estimate of drug-likeness (QED) is 0.655. The fraction of sp³-hybridized carbons (Fsp3) is 0.611. The number of hydrogen-bond acceptors (Lipinski definition) is 3. The van der Waals surface area contributed by atoms with Crippen LogP contribution in [0.4, 0.5) is 0 Å². The molecule has 0 bridgehead atoms. The molecule has 0 aromatic heterocycles. The van der Waals surface area contributed by atoms with Gasteiger partial charge in [-0.15, -0.1) is 0 Å². The van der Waals surface area contributed by atoms with Gasteiger partial charge in [0, 0.05) is 24.7 Å². The van der Waals surface area contributed by atoms with Crippen LogP contribution in [-0.2, 0) is 10.0 Å². The molecule has 0 saturated heterocycles. The largest absolute Gasteiger partial charge is 0.350 e. The average Bonchev–Trinajstić information content (AvgIpc) is 2.56. The number of benzene rings is 1. The SMILES string of the molecule is CCCCC[C@H](C)NC(=O)c1cccc(S(=O)(=O)N(CC)CC)c1. The van der Waals surface area contributed by atoms with Gasteiger partial charge in [-0.25, -0.2) is 8.42 Å². The van der Waals surface area contributed by atoms with Crippen molar-refractivity contribution in [3.8, 4) is 0 Å². The number of nitrogens with one attached hydrogen (secondary N) is 1. The first kappa shape index (κ1) is 20.6. The van der Waals surface area contributed by atoms with E-state index in [4.69, 9.17) is 0 Å². The second kappa shape index (κ2) is 9.79. The van der Waals surface area contributed by atoms with Crippen molar-refractivity contribution in [3.63, 3.8) is 0 Å².